The Kier molecular flexibility index (Phi) is 4.44. The molecule has 0 saturated carbocycles. The lowest BCUT2D eigenvalue weighted by molar-refractivity contribution is 0.00297. The highest BCUT2D eigenvalue weighted by Crippen LogP contribution is 2.16. The number of hydrogen-bond donors (Lipinski definition) is 1. The molecule has 0 bridgehead atoms. The SMILES string of the molecule is CCNC(C)c1nnnn1CC1CCCCO1. The van der Waals surface area contributed by atoms with Crippen molar-refractivity contribution in [1.29, 1.82) is 0 Å². The third-order valence-corrected chi connectivity index (χ3v) is 3.11. The fourth-order valence-electron chi connectivity index (χ4n) is 2.19. The van der Waals surface area contributed by atoms with E-state index in [1.807, 2.05) is 4.68 Å². The van der Waals surface area contributed by atoms with E-state index in [0.717, 1.165) is 31.9 Å². The van der Waals surface area contributed by atoms with Crippen LogP contribution in [0.15, 0.2) is 0 Å². The summed E-state index contributed by atoms with van der Waals surface area (Å²) in [6.07, 6.45) is 3.78. The molecular weight excluding hydrogens is 218 g/mol. The molecule has 1 saturated heterocycles. The number of hydrogen-bond acceptors (Lipinski definition) is 5. The van der Waals surface area contributed by atoms with E-state index in [9.17, 15) is 0 Å². The first-order valence-electron chi connectivity index (χ1n) is 6.42. The van der Waals surface area contributed by atoms with Crippen LogP contribution in [0.3, 0.4) is 0 Å². The third-order valence-electron chi connectivity index (χ3n) is 3.11. The van der Waals surface area contributed by atoms with Gasteiger partial charge in [0.1, 0.15) is 0 Å². The van der Waals surface area contributed by atoms with Gasteiger partial charge in [0.2, 0.25) is 0 Å². The molecule has 2 unspecified atom stereocenters. The first kappa shape index (κ1) is 12.4. The topological polar surface area (TPSA) is 64.9 Å². The van der Waals surface area contributed by atoms with Gasteiger partial charge < -0.3 is 10.1 Å². The first-order chi connectivity index (χ1) is 8.31. The maximum absolute atomic E-state index is 5.71. The van der Waals surface area contributed by atoms with Crippen LogP contribution < -0.4 is 5.32 Å². The molecule has 1 aromatic rings. The maximum Gasteiger partial charge on any atom is 0.168 e. The van der Waals surface area contributed by atoms with Crippen molar-refractivity contribution in [3.8, 4) is 0 Å². The highest BCUT2D eigenvalue weighted by molar-refractivity contribution is 4.90. The second-order valence-corrected chi connectivity index (χ2v) is 4.49. The zero-order chi connectivity index (χ0) is 12.1. The largest absolute Gasteiger partial charge is 0.376 e. The second kappa shape index (κ2) is 6.07. The molecule has 1 aliphatic heterocycles. The summed E-state index contributed by atoms with van der Waals surface area (Å²) in [5, 5.41) is 15.2. The molecule has 1 N–H and O–H groups in total. The zero-order valence-electron chi connectivity index (χ0n) is 10.6. The molecule has 0 radical (unpaired) electrons. The Morgan fingerprint density at radius 1 is 1.53 bits per heavy atom. The Hall–Kier alpha value is -1.01. The van der Waals surface area contributed by atoms with E-state index in [0.29, 0.717) is 0 Å². The van der Waals surface area contributed by atoms with Crippen LogP contribution >= 0.6 is 0 Å². The van der Waals surface area contributed by atoms with Crippen LogP contribution in [0.2, 0.25) is 0 Å². The van der Waals surface area contributed by atoms with Crippen LogP contribution in [0.4, 0.5) is 0 Å². The van der Waals surface area contributed by atoms with Gasteiger partial charge in [-0.1, -0.05) is 6.92 Å². The average molecular weight is 239 g/mol. The Labute approximate surface area is 102 Å². The number of rotatable bonds is 5. The van der Waals surface area contributed by atoms with E-state index < -0.39 is 0 Å². The van der Waals surface area contributed by atoms with E-state index in [1.54, 1.807) is 0 Å². The van der Waals surface area contributed by atoms with Gasteiger partial charge in [-0.05, 0) is 43.2 Å². The lowest BCUT2D eigenvalue weighted by atomic mass is 10.1. The highest BCUT2D eigenvalue weighted by atomic mass is 16.5. The lowest BCUT2D eigenvalue weighted by Crippen LogP contribution is -2.28. The molecule has 0 spiro atoms. The number of nitrogens with zero attached hydrogens (tertiary/aromatic N) is 4. The van der Waals surface area contributed by atoms with Crippen LogP contribution in [-0.2, 0) is 11.3 Å². The molecule has 0 amide bonds. The summed E-state index contributed by atoms with van der Waals surface area (Å²) in [6, 6.07) is 0.179. The van der Waals surface area contributed by atoms with Crippen LogP contribution in [0.5, 0.6) is 0 Å². The van der Waals surface area contributed by atoms with E-state index >= 15 is 0 Å². The van der Waals surface area contributed by atoms with Crippen molar-refractivity contribution >= 4 is 0 Å². The molecule has 2 heterocycles. The van der Waals surface area contributed by atoms with Gasteiger partial charge >= 0.3 is 0 Å². The summed E-state index contributed by atoms with van der Waals surface area (Å²) >= 11 is 0. The Balaban J connectivity index is 1.97. The summed E-state index contributed by atoms with van der Waals surface area (Å²) in [5.74, 6) is 0.890. The Morgan fingerprint density at radius 2 is 2.41 bits per heavy atom. The van der Waals surface area contributed by atoms with Crippen molar-refractivity contribution < 1.29 is 4.74 Å². The smallest absolute Gasteiger partial charge is 0.168 e. The van der Waals surface area contributed by atoms with Crippen molar-refractivity contribution in [3.05, 3.63) is 5.82 Å². The van der Waals surface area contributed by atoms with Crippen molar-refractivity contribution in [1.82, 2.24) is 25.5 Å². The van der Waals surface area contributed by atoms with Gasteiger partial charge in [-0.2, -0.15) is 0 Å². The van der Waals surface area contributed by atoms with E-state index in [-0.39, 0.29) is 12.1 Å². The number of ether oxygens (including phenoxy) is 1. The molecule has 1 aromatic heterocycles. The highest BCUT2D eigenvalue weighted by Gasteiger charge is 2.19. The van der Waals surface area contributed by atoms with Gasteiger partial charge in [0.25, 0.3) is 0 Å². The molecule has 6 heteroatoms. The van der Waals surface area contributed by atoms with Crippen LogP contribution in [0, 0.1) is 0 Å². The molecule has 2 atom stereocenters. The summed E-state index contributed by atoms with van der Waals surface area (Å²) in [6.45, 7) is 6.69. The standard InChI is InChI=1S/C11H21N5O/c1-3-12-9(2)11-13-14-15-16(11)8-10-6-4-5-7-17-10/h9-10,12H,3-8H2,1-2H3. The van der Waals surface area contributed by atoms with Crippen molar-refractivity contribution in [2.45, 2.75) is 51.8 Å². The zero-order valence-corrected chi connectivity index (χ0v) is 10.6. The molecule has 6 nitrogen and oxygen atoms in total. The molecule has 96 valence electrons. The maximum atomic E-state index is 5.71. The molecule has 0 aromatic carbocycles. The minimum atomic E-state index is 0.179. The fourth-order valence-corrected chi connectivity index (χ4v) is 2.19. The normalized spacial score (nSPS) is 22.6. The summed E-state index contributed by atoms with van der Waals surface area (Å²) in [4.78, 5) is 0. The van der Waals surface area contributed by atoms with Crippen molar-refractivity contribution in [2.75, 3.05) is 13.2 Å². The van der Waals surface area contributed by atoms with Crippen molar-refractivity contribution in [3.63, 3.8) is 0 Å². The van der Waals surface area contributed by atoms with Crippen LogP contribution in [0.1, 0.15) is 45.0 Å². The van der Waals surface area contributed by atoms with Gasteiger partial charge in [-0.15, -0.1) is 5.10 Å². The van der Waals surface area contributed by atoms with Crippen molar-refractivity contribution in [2.24, 2.45) is 0 Å². The molecule has 17 heavy (non-hydrogen) atoms. The minimum Gasteiger partial charge on any atom is -0.376 e. The second-order valence-electron chi connectivity index (χ2n) is 4.49. The summed E-state index contributed by atoms with van der Waals surface area (Å²) < 4.78 is 7.57. The van der Waals surface area contributed by atoms with E-state index in [1.165, 1.54) is 12.8 Å². The number of tetrazole rings is 1. The lowest BCUT2D eigenvalue weighted by Gasteiger charge is -2.23. The van der Waals surface area contributed by atoms with Crippen LogP contribution in [-0.4, -0.2) is 39.5 Å². The Morgan fingerprint density at radius 3 is 3.12 bits per heavy atom. The summed E-state index contributed by atoms with van der Waals surface area (Å²) in [5.41, 5.74) is 0. The third kappa shape index (κ3) is 3.23. The first-order valence-corrected chi connectivity index (χ1v) is 6.42. The number of nitrogens with one attached hydrogen (secondary N) is 1. The minimum absolute atomic E-state index is 0.179. The van der Waals surface area contributed by atoms with E-state index in [4.69, 9.17) is 4.74 Å². The predicted octanol–water partition coefficient (Wildman–Crippen LogP) is 0.913. The van der Waals surface area contributed by atoms with Gasteiger partial charge in [-0.25, -0.2) is 4.68 Å². The van der Waals surface area contributed by atoms with E-state index in [2.05, 4.69) is 34.7 Å². The summed E-state index contributed by atoms with van der Waals surface area (Å²) in [7, 11) is 0. The van der Waals surface area contributed by atoms with Crippen LogP contribution in [0.25, 0.3) is 0 Å². The molecular formula is C11H21N5O. The molecule has 2 rings (SSSR count). The number of aromatic nitrogens is 4. The Bertz CT molecular complexity index is 334. The predicted molar refractivity (Wildman–Crippen MR) is 63.5 cm³/mol. The molecule has 1 fully saturated rings. The van der Waals surface area contributed by atoms with Gasteiger partial charge in [0, 0.05) is 6.61 Å². The fraction of sp³-hybridized carbons (Fsp3) is 0.909. The quantitative estimate of drug-likeness (QED) is 0.827. The molecule has 0 aliphatic carbocycles. The van der Waals surface area contributed by atoms with Gasteiger partial charge in [0.05, 0.1) is 18.7 Å². The van der Waals surface area contributed by atoms with Gasteiger partial charge in [0.15, 0.2) is 5.82 Å². The van der Waals surface area contributed by atoms with Gasteiger partial charge in [-0.3, -0.25) is 0 Å². The monoisotopic (exact) mass is 239 g/mol. The molecule has 1 aliphatic rings. The average Bonchev–Trinajstić information content (AvgIpc) is 2.79.